The zero-order valence-corrected chi connectivity index (χ0v) is 12.8. The maximum absolute atomic E-state index is 12.3. The number of carbonyl (C=O) groups excluding carboxylic acids is 2. The highest BCUT2D eigenvalue weighted by Gasteiger charge is 2.63. The molecule has 0 saturated heterocycles. The predicted octanol–water partition coefficient (Wildman–Crippen LogP) is 1.15. The van der Waals surface area contributed by atoms with Crippen molar-refractivity contribution in [1.29, 1.82) is 0 Å². The molecule has 0 bridgehead atoms. The Morgan fingerprint density at radius 1 is 1.10 bits per heavy atom. The lowest BCUT2D eigenvalue weighted by atomic mass is 9.81. The van der Waals surface area contributed by atoms with Crippen molar-refractivity contribution < 1.29 is 28.5 Å². The van der Waals surface area contributed by atoms with Crippen LogP contribution in [0.2, 0.25) is 0 Å². The van der Waals surface area contributed by atoms with Gasteiger partial charge in [0.2, 0.25) is 0 Å². The van der Waals surface area contributed by atoms with Crippen molar-refractivity contribution in [2.45, 2.75) is 20.0 Å². The van der Waals surface area contributed by atoms with Gasteiger partial charge >= 0.3 is 11.9 Å². The highest BCUT2D eigenvalue weighted by atomic mass is 16.5. The molecular formula is C15H22O6. The molecule has 0 aromatic rings. The van der Waals surface area contributed by atoms with Crippen LogP contribution in [0.25, 0.3) is 0 Å². The van der Waals surface area contributed by atoms with Crippen LogP contribution in [0.4, 0.5) is 0 Å². The minimum atomic E-state index is -0.754. The summed E-state index contributed by atoms with van der Waals surface area (Å²) in [6.07, 6.45) is 1.79. The Balaban J connectivity index is 2.32. The predicted molar refractivity (Wildman–Crippen MR) is 73.1 cm³/mol. The third-order valence-corrected chi connectivity index (χ3v) is 4.11. The zero-order chi connectivity index (χ0) is 15.6. The second kappa shape index (κ2) is 6.47. The van der Waals surface area contributed by atoms with Crippen LogP contribution >= 0.6 is 0 Å². The molecule has 0 aromatic carbocycles. The molecule has 0 heterocycles. The van der Waals surface area contributed by atoms with Crippen LogP contribution in [0, 0.1) is 23.7 Å². The van der Waals surface area contributed by atoms with E-state index in [0.717, 1.165) is 0 Å². The van der Waals surface area contributed by atoms with Gasteiger partial charge in [0, 0.05) is 18.9 Å². The number of ether oxygens (including phenoxy) is 4. The summed E-state index contributed by atoms with van der Waals surface area (Å²) in [6, 6.07) is 0. The van der Waals surface area contributed by atoms with Crippen molar-refractivity contribution in [1.82, 2.24) is 0 Å². The van der Waals surface area contributed by atoms with Gasteiger partial charge in [0.05, 0.1) is 32.3 Å². The molecular weight excluding hydrogens is 276 g/mol. The molecule has 5 atom stereocenters. The molecule has 0 aliphatic heterocycles. The summed E-state index contributed by atoms with van der Waals surface area (Å²) in [5, 5.41) is 0. The van der Waals surface area contributed by atoms with E-state index in [1.54, 1.807) is 21.0 Å². The van der Waals surface area contributed by atoms with Crippen LogP contribution < -0.4 is 0 Å². The van der Waals surface area contributed by atoms with E-state index in [1.807, 2.05) is 6.08 Å². The van der Waals surface area contributed by atoms with Crippen LogP contribution in [-0.2, 0) is 28.5 Å². The molecule has 21 heavy (non-hydrogen) atoms. The lowest BCUT2D eigenvalue weighted by Gasteiger charge is -2.28. The monoisotopic (exact) mass is 298 g/mol. The first-order chi connectivity index (χ1) is 10.1. The number of methoxy groups -OCH3 is 2. The SMILES string of the molecule is CCOC(=O)[C@H]1C(OC)=C[C@H]2[C@@H](OC)[C@H]2[C@@H]1C(=O)OCC. The van der Waals surface area contributed by atoms with Gasteiger partial charge in [-0.25, -0.2) is 0 Å². The maximum atomic E-state index is 12.3. The van der Waals surface area contributed by atoms with E-state index >= 15 is 0 Å². The largest absolute Gasteiger partial charge is 0.500 e. The van der Waals surface area contributed by atoms with Crippen LogP contribution in [-0.4, -0.2) is 45.5 Å². The van der Waals surface area contributed by atoms with Crippen LogP contribution in [0.3, 0.4) is 0 Å². The van der Waals surface area contributed by atoms with E-state index < -0.39 is 23.8 Å². The van der Waals surface area contributed by atoms with E-state index in [-0.39, 0.29) is 31.2 Å². The summed E-state index contributed by atoms with van der Waals surface area (Å²) in [4.78, 5) is 24.6. The molecule has 2 aliphatic rings. The number of esters is 2. The third kappa shape index (κ3) is 2.77. The van der Waals surface area contributed by atoms with Gasteiger partial charge in [0.15, 0.2) is 0 Å². The molecule has 6 heteroatoms. The van der Waals surface area contributed by atoms with E-state index in [0.29, 0.717) is 5.76 Å². The molecule has 0 aromatic heterocycles. The summed E-state index contributed by atoms with van der Waals surface area (Å²) < 4.78 is 20.9. The molecule has 2 aliphatic carbocycles. The number of hydrogen-bond donors (Lipinski definition) is 0. The quantitative estimate of drug-likeness (QED) is 0.685. The van der Waals surface area contributed by atoms with E-state index in [9.17, 15) is 9.59 Å². The van der Waals surface area contributed by atoms with Gasteiger partial charge in [0.1, 0.15) is 11.7 Å². The van der Waals surface area contributed by atoms with Gasteiger partial charge in [-0.3, -0.25) is 9.59 Å². The maximum Gasteiger partial charge on any atom is 0.317 e. The molecule has 0 amide bonds. The third-order valence-electron chi connectivity index (χ3n) is 4.11. The van der Waals surface area contributed by atoms with Gasteiger partial charge in [-0.2, -0.15) is 0 Å². The Kier molecular flexibility index (Phi) is 4.88. The first kappa shape index (κ1) is 15.8. The summed E-state index contributed by atoms with van der Waals surface area (Å²) in [7, 11) is 3.09. The second-order valence-electron chi connectivity index (χ2n) is 5.14. The second-order valence-corrected chi connectivity index (χ2v) is 5.14. The lowest BCUT2D eigenvalue weighted by molar-refractivity contribution is -0.162. The molecule has 1 saturated carbocycles. The minimum Gasteiger partial charge on any atom is -0.500 e. The number of hydrogen-bond acceptors (Lipinski definition) is 6. The fraction of sp³-hybridized carbons (Fsp3) is 0.733. The Morgan fingerprint density at radius 2 is 1.71 bits per heavy atom. The normalized spacial score (nSPS) is 33.5. The smallest absolute Gasteiger partial charge is 0.317 e. The summed E-state index contributed by atoms with van der Waals surface area (Å²) in [5.41, 5.74) is 0. The van der Waals surface area contributed by atoms with E-state index in [4.69, 9.17) is 18.9 Å². The highest BCUT2D eigenvalue weighted by Crippen LogP contribution is 2.56. The minimum absolute atomic E-state index is 0.0534. The Morgan fingerprint density at radius 3 is 2.24 bits per heavy atom. The van der Waals surface area contributed by atoms with Gasteiger partial charge in [0.25, 0.3) is 0 Å². The van der Waals surface area contributed by atoms with Gasteiger partial charge in [-0.15, -0.1) is 0 Å². The molecule has 0 spiro atoms. The average molecular weight is 298 g/mol. The number of rotatable bonds is 6. The summed E-state index contributed by atoms with van der Waals surface area (Å²) >= 11 is 0. The fourth-order valence-electron chi connectivity index (χ4n) is 3.21. The summed E-state index contributed by atoms with van der Waals surface area (Å²) in [5.74, 6) is -1.72. The standard InChI is InChI=1S/C15H22O6/c1-5-20-14(16)11-9(18-3)7-8-10(13(8)19-4)12(11)15(17)21-6-2/h7-8,10-13H,5-6H2,1-4H3/t8-,10-,11+,12+,13-/m1/s1. The highest BCUT2D eigenvalue weighted by molar-refractivity contribution is 5.85. The topological polar surface area (TPSA) is 71.1 Å². The molecule has 2 rings (SSSR count). The first-order valence-corrected chi connectivity index (χ1v) is 7.22. The van der Waals surface area contributed by atoms with Crippen molar-refractivity contribution >= 4 is 11.9 Å². The Labute approximate surface area is 124 Å². The van der Waals surface area contributed by atoms with Crippen LogP contribution in [0.1, 0.15) is 13.8 Å². The van der Waals surface area contributed by atoms with E-state index in [1.165, 1.54) is 7.11 Å². The van der Waals surface area contributed by atoms with Gasteiger partial charge in [-0.1, -0.05) is 0 Å². The van der Waals surface area contributed by atoms with Crippen LogP contribution in [0.5, 0.6) is 0 Å². The molecule has 1 fully saturated rings. The van der Waals surface area contributed by atoms with Gasteiger partial charge in [-0.05, 0) is 19.9 Å². The number of fused-ring (bicyclic) bond motifs is 1. The Bertz CT molecular complexity index is 443. The first-order valence-electron chi connectivity index (χ1n) is 7.22. The Hall–Kier alpha value is -1.56. The molecule has 6 nitrogen and oxygen atoms in total. The lowest BCUT2D eigenvalue weighted by Crippen LogP contribution is -2.38. The molecule has 0 unspecified atom stereocenters. The van der Waals surface area contributed by atoms with Gasteiger partial charge < -0.3 is 18.9 Å². The average Bonchev–Trinajstić information content (AvgIpc) is 3.18. The van der Waals surface area contributed by atoms with Crippen LogP contribution in [0.15, 0.2) is 11.8 Å². The van der Waals surface area contributed by atoms with E-state index in [2.05, 4.69) is 0 Å². The van der Waals surface area contributed by atoms with Crippen molar-refractivity contribution in [3.63, 3.8) is 0 Å². The van der Waals surface area contributed by atoms with Crippen molar-refractivity contribution in [3.8, 4) is 0 Å². The van der Waals surface area contributed by atoms with Crippen molar-refractivity contribution in [2.24, 2.45) is 23.7 Å². The zero-order valence-electron chi connectivity index (χ0n) is 12.8. The number of carbonyl (C=O) groups is 2. The fourth-order valence-corrected chi connectivity index (χ4v) is 3.21. The van der Waals surface area contributed by atoms with Crippen molar-refractivity contribution in [2.75, 3.05) is 27.4 Å². The molecule has 0 N–H and O–H groups in total. The molecule has 0 radical (unpaired) electrons. The molecule has 118 valence electrons. The van der Waals surface area contributed by atoms with Crippen molar-refractivity contribution in [3.05, 3.63) is 11.8 Å². The summed E-state index contributed by atoms with van der Waals surface area (Å²) in [6.45, 7) is 4.00.